The van der Waals surface area contributed by atoms with Crippen LogP contribution in [0, 0.1) is 18.3 Å². The Morgan fingerprint density at radius 1 is 1.32 bits per heavy atom. The molecule has 3 heterocycles. The molecule has 0 unspecified atom stereocenters. The minimum Gasteiger partial charge on any atom is -0.383 e. The van der Waals surface area contributed by atoms with Crippen molar-refractivity contribution in [2.24, 2.45) is 5.10 Å². The van der Waals surface area contributed by atoms with E-state index in [1.165, 1.54) is 0 Å². The number of methoxy groups -OCH3 is 1. The van der Waals surface area contributed by atoms with Crippen LogP contribution in [0.3, 0.4) is 0 Å². The van der Waals surface area contributed by atoms with Crippen LogP contribution >= 0.6 is 0 Å². The summed E-state index contributed by atoms with van der Waals surface area (Å²) in [4.78, 5) is 11.6. The molecule has 9 nitrogen and oxygen atoms in total. The molecule has 2 aromatic heterocycles. The van der Waals surface area contributed by atoms with Crippen LogP contribution in [0.2, 0.25) is 0 Å². The number of hydrazone groups is 1. The summed E-state index contributed by atoms with van der Waals surface area (Å²) in [5.74, 6) is 0.550. The van der Waals surface area contributed by atoms with Crippen LogP contribution in [0.15, 0.2) is 41.8 Å². The van der Waals surface area contributed by atoms with Crippen LogP contribution in [-0.2, 0) is 16.0 Å². The van der Waals surface area contributed by atoms with Gasteiger partial charge in [0.15, 0.2) is 17.2 Å². The van der Waals surface area contributed by atoms with Crippen molar-refractivity contribution in [1.29, 1.82) is 5.26 Å². The lowest BCUT2D eigenvalue weighted by atomic mass is 10.1. The number of rotatable bonds is 7. The van der Waals surface area contributed by atoms with E-state index >= 15 is 0 Å². The number of aromatic nitrogens is 3. The predicted molar refractivity (Wildman–Crippen MR) is 119 cm³/mol. The highest BCUT2D eigenvalue weighted by Crippen LogP contribution is 2.28. The highest BCUT2D eigenvalue weighted by molar-refractivity contribution is 6.12. The minimum absolute atomic E-state index is 0.298. The second-order valence-electron chi connectivity index (χ2n) is 7.28. The predicted octanol–water partition coefficient (Wildman–Crippen LogP) is 2.56. The molecule has 0 radical (unpaired) electrons. The Bertz CT molecular complexity index is 1130. The molecule has 9 heteroatoms. The highest BCUT2D eigenvalue weighted by Gasteiger charge is 2.19. The van der Waals surface area contributed by atoms with E-state index < -0.39 is 0 Å². The highest BCUT2D eigenvalue weighted by atomic mass is 16.5. The quantitative estimate of drug-likeness (QED) is 0.464. The number of nitrogens with one attached hydrogen (secondary N) is 1. The van der Waals surface area contributed by atoms with Gasteiger partial charge in [-0.05, 0) is 13.0 Å². The summed E-state index contributed by atoms with van der Waals surface area (Å²) in [6, 6.07) is 11.8. The number of hydrogen-bond acceptors (Lipinski definition) is 8. The fourth-order valence-corrected chi connectivity index (χ4v) is 3.53. The topological polar surface area (TPSA) is 101 Å². The molecule has 1 N–H and O–H groups in total. The molecule has 0 amide bonds. The number of aryl methyl sites for hydroxylation is 1. The van der Waals surface area contributed by atoms with E-state index in [0.717, 1.165) is 41.1 Å². The number of hydrogen-bond donors (Lipinski definition) is 1. The molecule has 0 spiro atoms. The number of imidazole rings is 1. The van der Waals surface area contributed by atoms with Crippen molar-refractivity contribution in [2.45, 2.75) is 13.5 Å². The molecule has 0 bridgehead atoms. The molecule has 0 aliphatic carbocycles. The van der Waals surface area contributed by atoms with Crippen LogP contribution in [0.5, 0.6) is 0 Å². The van der Waals surface area contributed by atoms with Gasteiger partial charge in [-0.1, -0.05) is 23.8 Å². The number of ether oxygens (including phenoxy) is 2. The Labute approximate surface area is 180 Å². The molecule has 0 atom stereocenters. The molecule has 31 heavy (non-hydrogen) atoms. The lowest BCUT2D eigenvalue weighted by Crippen LogP contribution is -2.36. The van der Waals surface area contributed by atoms with Gasteiger partial charge >= 0.3 is 0 Å². The maximum atomic E-state index is 9.60. The third kappa shape index (κ3) is 4.66. The molecule has 0 saturated carbocycles. The molecular weight excluding hydrogens is 394 g/mol. The first-order chi connectivity index (χ1) is 15.2. The van der Waals surface area contributed by atoms with E-state index in [4.69, 9.17) is 14.5 Å². The van der Waals surface area contributed by atoms with Crippen LogP contribution in [0.25, 0.3) is 11.2 Å². The molecule has 1 aliphatic rings. The smallest absolute Gasteiger partial charge is 0.167 e. The van der Waals surface area contributed by atoms with Gasteiger partial charge in [0.05, 0.1) is 31.8 Å². The van der Waals surface area contributed by atoms with E-state index in [-0.39, 0.29) is 0 Å². The maximum absolute atomic E-state index is 9.60. The van der Waals surface area contributed by atoms with Crippen molar-refractivity contribution in [2.75, 3.05) is 50.3 Å². The summed E-state index contributed by atoms with van der Waals surface area (Å²) in [5, 5.41) is 13.9. The molecule has 1 fully saturated rings. The monoisotopic (exact) mass is 419 g/mol. The Hall–Kier alpha value is -3.48. The summed E-state index contributed by atoms with van der Waals surface area (Å²) < 4.78 is 12.7. The number of anilines is 2. The van der Waals surface area contributed by atoms with Gasteiger partial charge in [0.25, 0.3) is 0 Å². The van der Waals surface area contributed by atoms with Crippen LogP contribution in [-0.4, -0.2) is 60.3 Å². The van der Waals surface area contributed by atoms with Crippen LogP contribution < -0.4 is 10.3 Å². The Morgan fingerprint density at radius 3 is 2.90 bits per heavy atom. The van der Waals surface area contributed by atoms with Gasteiger partial charge in [-0.15, -0.1) is 0 Å². The first-order valence-electron chi connectivity index (χ1n) is 10.2. The summed E-state index contributed by atoms with van der Waals surface area (Å²) in [7, 11) is 1.67. The molecule has 160 valence electrons. The van der Waals surface area contributed by atoms with E-state index in [2.05, 4.69) is 26.5 Å². The van der Waals surface area contributed by atoms with Crippen LogP contribution in [0.4, 0.5) is 11.5 Å². The molecule has 3 aromatic rings. The van der Waals surface area contributed by atoms with Gasteiger partial charge in [-0.2, -0.15) is 10.4 Å². The number of nitriles is 1. The van der Waals surface area contributed by atoms with Gasteiger partial charge in [-0.25, -0.2) is 9.97 Å². The van der Waals surface area contributed by atoms with E-state index in [9.17, 15) is 5.26 Å². The maximum Gasteiger partial charge on any atom is 0.167 e. The standard InChI is InChI=1S/C22H25N7O2/c1-16-4-3-5-17(12-16)18(14-23)26-27-20-13-19(28-7-10-31-11-8-28)21-22(25-20)29(15-24-21)6-9-30-2/h3-5,12-13,15H,6-11H2,1-2H3,(H,25,27)/b26-18+. The Kier molecular flexibility index (Phi) is 6.40. The zero-order valence-electron chi connectivity index (χ0n) is 17.7. The van der Waals surface area contributed by atoms with Crippen molar-refractivity contribution in [3.63, 3.8) is 0 Å². The third-order valence-corrected chi connectivity index (χ3v) is 5.12. The van der Waals surface area contributed by atoms with E-state index in [1.54, 1.807) is 13.4 Å². The van der Waals surface area contributed by atoms with Gasteiger partial charge in [-0.3, -0.25) is 5.43 Å². The molecule has 4 rings (SSSR count). The van der Waals surface area contributed by atoms with E-state index in [1.807, 2.05) is 41.8 Å². The SMILES string of the molecule is COCCn1cnc2c(N3CCOCC3)cc(N/N=C(\C#N)c3cccc(C)c3)nc21. The number of nitrogens with zero attached hydrogens (tertiary/aromatic N) is 6. The van der Waals surface area contributed by atoms with Crippen LogP contribution in [0.1, 0.15) is 11.1 Å². The summed E-state index contributed by atoms with van der Waals surface area (Å²) >= 11 is 0. The first-order valence-corrected chi connectivity index (χ1v) is 10.2. The first kappa shape index (κ1) is 20.8. The van der Waals surface area contributed by atoms with E-state index in [0.29, 0.717) is 37.9 Å². The van der Waals surface area contributed by atoms with Gasteiger partial charge in [0, 0.05) is 38.4 Å². The normalized spacial score (nSPS) is 14.6. The number of benzene rings is 1. The van der Waals surface area contributed by atoms with Crippen molar-refractivity contribution in [1.82, 2.24) is 14.5 Å². The van der Waals surface area contributed by atoms with Crippen molar-refractivity contribution < 1.29 is 9.47 Å². The zero-order chi connectivity index (χ0) is 21.6. The summed E-state index contributed by atoms with van der Waals surface area (Å²) in [6.07, 6.45) is 1.78. The summed E-state index contributed by atoms with van der Waals surface area (Å²) in [6.45, 7) is 6.07. The average molecular weight is 419 g/mol. The number of morpholine rings is 1. The number of fused-ring (bicyclic) bond motifs is 1. The van der Waals surface area contributed by atoms with Crippen molar-refractivity contribution in [3.8, 4) is 6.07 Å². The van der Waals surface area contributed by atoms with Crippen molar-refractivity contribution in [3.05, 3.63) is 47.8 Å². The Morgan fingerprint density at radius 2 is 2.16 bits per heavy atom. The lowest BCUT2D eigenvalue weighted by Gasteiger charge is -2.29. The second-order valence-corrected chi connectivity index (χ2v) is 7.28. The number of pyridine rings is 1. The summed E-state index contributed by atoms with van der Waals surface area (Å²) in [5.41, 5.74) is 7.64. The Balaban J connectivity index is 1.71. The van der Waals surface area contributed by atoms with Gasteiger partial charge in [0.1, 0.15) is 11.6 Å². The van der Waals surface area contributed by atoms with Gasteiger partial charge in [0.2, 0.25) is 0 Å². The molecule has 1 saturated heterocycles. The molecule has 1 aliphatic heterocycles. The fraction of sp³-hybridized carbons (Fsp3) is 0.364. The molecular formula is C22H25N7O2. The largest absolute Gasteiger partial charge is 0.383 e. The minimum atomic E-state index is 0.298. The molecule has 1 aromatic carbocycles. The van der Waals surface area contributed by atoms with Crippen molar-refractivity contribution >= 4 is 28.4 Å². The lowest BCUT2D eigenvalue weighted by molar-refractivity contribution is 0.123. The second kappa shape index (κ2) is 9.55. The van der Waals surface area contributed by atoms with Gasteiger partial charge < -0.3 is 18.9 Å². The zero-order valence-corrected chi connectivity index (χ0v) is 17.7. The fourth-order valence-electron chi connectivity index (χ4n) is 3.53. The third-order valence-electron chi connectivity index (χ3n) is 5.12. The average Bonchev–Trinajstić information content (AvgIpc) is 3.21.